The van der Waals surface area contributed by atoms with Gasteiger partial charge in [0.1, 0.15) is 5.60 Å². The van der Waals surface area contributed by atoms with Gasteiger partial charge >= 0.3 is 12.1 Å². The van der Waals surface area contributed by atoms with E-state index in [4.69, 9.17) is 4.74 Å². The van der Waals surface area contributed by atoms with E-state index in [0.717, 1.165) is 18.4 Å². The number of carbonyl (C=O) groups is 2. The van der Waals surface area contributed by atoms with E-state index in [-0.39, 0.29) is 12.1 Å². The van der Waals surface area contributed by atoms with E-state index < -0.39 is 5.60 Å². The molecule has 0 bridgehead atoms. The fourth-order valence-corrected chi connectivity index (χ4v) is 1.73. The summed E-state index contributed by atoms with van der Waals surface area (Å²) < 4.78 is 9.88. The SMILES string of the molecule is COC(=O)/C=C1/CCCN(C(=O)OC(C)(C)C)C1. The molecule has 1 amide bonds. The molecule has 5 nitrogen and oxygen atoms in total. The Labute approximate surface area is 108 Å². The van der Waals surface area contributed by atoms with E-state index in [9.17, 15) is 9.59 Å². The van der Waals surface area contributed by atoms with Gasteiger partial charge in [-0.25, -0.2) is 9.59 Å². The van der Waals surface area contributed by atoms with Gasteiger partial charge in [-0.15, -0.1) is 0 Å². The fourth-order valence-electron chi connectivity index (χ4n) is 1.73. The van der Waals surface area contributed by atoms with Crippen molar-refractivity contribution in [2.75, 3.05) is 20.2 Å². The Morgan fingerprint density at radius 2 is 2.00 bits per heavy atom. The summed E-state index contributed by atoms with van der Waals surface area (Å²) in [6.07, 6.45) is 2.77. The van der Waals surface area contributed by atoms with Crippen molar-refractivity contribution in [3.8, 4) is 0 Å². The van der Waals surface area contributed by atoms with Crippen molar-refractivity contribution in [1.29, 1.82) is 0 Å². The molecule has 1 rings (SSSR count). The van der Waals surface area contributed by atoms with Crippen LogP contribution in [0.4, 0.5) is 4.79 Å². The zero-order chi connectivity index (χ0) is 13.8. The second-order valence-electron chi connectivity index (χ2n) is 5.33. The molecular formula is C13H21NO4. The molecule has 0 N–H and O–H groups in total. The third-order valence-electron chi connectivity index (χ3n) is 2.49. The highest BCUT2D eigenvalue weighted by Crippen LogP contribution is 2.18. The highest BCUT2D eigenvalue weighted by molar-refractivity contribution is 5.83. The van der Waals surface area contributed by atoms with Crippen LogP contribution in [0.3, 0.4) is 0 Å². The second kappa shape index (κ2) is 5.89. The highest BCUT2D eigenvalue weighted by Gasteiger charge is 2.25. The summed E-state index contributed by atoms with van der Waals surface area (Å²) in [6, 6.07) is 0. The summed E-state index contributed by atoms with van der Waals surface area (Å²) in [5.41, 5.74) is 0.403. The monoisotopic (exact) mass is 255 g/mol. The number of rotatable bonds is 1. The van der Waals surface area contributed by atoms with Gasteiger partial charge in [0, 0.05) is 19.2 Å². The molecule has 0 aromatic carbocycles. The van der Waals surface area contributed by atoms with Crippen molar-refractivity contribution >= 4 is 12.1 Å². The molecule has 5 heteroatoms. The Morgan fingerprint density at radius 1 is 1.33 bits per heavy atom. The van der Waals surface area contributed by atoms with E-state index in [1.54, 1.807) is 4.90 Å². The minimum absolute atomic E-state index is 0.335. The summed E-state index contributed by atoms with van der Waals surface area (Å²) in [5, 5.41) is 0. The molecule has 0 aliphatic carbocycles. The Kier molecular flexibility index (Phi) is 4.76. The predicted molar refractivity (Wildman–Crippen MR) is 67.1 cm³/mol. The lowest BCUT2D eigenvalue weighted by molar-refractivity contribution is -0.134. The van der Waals surface area contributed by atoms with Crippen LogP contribution in [0, 0.1) is 0 Å². The van der Waals surface area contributed by atoms with Crippen LogP contribution in [0.2, 0.25) is 0 Å². The summed E-state index contributed by atoms with van der Waals surface area (Å²) in [7, 11) is 1.34. The molecule has 0 unspecified atom stereocenters. The van der Waals surface area contributed by atoms with Gasteiger partial charge in [0.25, 0.3) is 0 Å². The zero-order valence-electron chi connectivity index (χ0n) is 11.5. The number of piperidine rings is 1. The number of likely N-dealkylation sites (tertiary alicyclic amines) is 1. The minimum atomic E-state index is -0.499. The Bertz CT molecular complexity index is 354. The van der Waals surface area contributed by atoms with Crippen LogP contribution in [0.5, 0.6) is 0 Å². The largest absolute Gasteiger partial charge is 0.466 e. The van der Waals surface area contributed by atoms with Crippen molar-refractivity contribution in [3.05, 3.63) is 11.6 Å². The van der Waals surface area contributed by atoms with E-state index in [1.807, 2.05) is 20.8 Å². The summed E-state index contributed by atoms with van der Waals surface area (Å²) in [6.45, 7) is 6.59. The van der Waals surface area contributed by atoms with Crippen molar-refractivity contribution in [2.24, 2.45) is 0 Å². The standard InChI is InChI=1S/C13H21NO4/c1-13(2,3)18-12(16)14-7-5-6-10(9-14)8-11(15)17-4/h8H,5-7,9H2,1-4H3/b10-8-. The van der Waals surface area contributed by atoms with Gasteiger partial charge in [-0.1, -0.05) is 0 Å². The van der Waals surface area contributed by atoms with Gasteiger partial charge in [-0.3, -0.25) is 0 Å². The first-order valence-electron chi connectivity index (χ1n) is 6.07. The van der Waals surface area contributed by atoms with Crippen LogP contribution in [-0.2, 0) is 14.3 Å². The molecule has 0 aromatic rings. The molecular weight excluding hydrogens is 234 g/mol. The van der Waals surface area contributed by atoms with Gasteiger partial charge in [-0.2, -0.15) is 0 Å². The third kappa shape index (κ3) is 4.77. The number of nitrogens with zero attached hydrogens (tertiary/aromatic N) is 1. The number of esters is 1. The first-order valence-corrected chi connectivity index (χ1v) is 6.07. The minimum Gasteiger partial charge on any atom is -0.466 e. The maximum absolute atomic E-state index is 11.9. The third-order valence-corrected chi connectivity index (χ3v) is 2.49. The lowest BCUT2D eigenvalue weighted by Gasteiger charge is -2.31. The summed E-state index contributed by atoms with van der Waals surface area (Å²) in [5.74, 6) is -0.379. The van der Waals surface area contributed by atoms with Gasteiger partial charge < -0.3 is 14.4 Å². The molecule has 0 saturated carbocycles. The summed E-state index contributed by atoms with van der Waals surface area (Å²) >= 11 is 0. The van der Waals surface area contributed by atoms with Crippen LogP contribution < -0.4 is 0 Å². The maximum atomic E-state index is 11.9. The van der Waals surface area contributed by atoms with Crippen molar-refractivity contribution < 1.29 is 19.1 Å². The number of hydrogen-bond acceptors (Lipinski definition) is 4. The average Bonchev–Trinajstić information content (AvgIpc) is 2.27. The lowest BCUT2D eigenvalue weighted by Crippen LogP contribution is -2.40. The molecule has 1 aliphatic rings. The first-order chi connectivity index (χ1) is 8.31. The van der Waals surface area contributed by atoms with Crippen LogP contribution in [0.1, 0.15) is 33.6 Å². The van der Waals surface area contributed by atoms with Crippen molar-refractivity contribution in [2.45, 2.75) is 39.2 Å². The molecule has 1 aliphatic heterocycles. The van der Waals surface area contributed by atoms with Gasteiger partial charge in [0.2, 0.25) is 0 Å². The number of carbonyl (C=O) groups excluding carboxylic acids is 2. The van der Waals surface area contributed by atoms with Crippen molar-refractivity contribution in [1.82, 2.24) is 4.90 Å². The van der Waals surface area contributed by atoms with Crippen LogP contribution in [0.25, 0.3) is 0 Å². The maximum Gasteiger partial charge on any atom is 0.410 e. The molecule has 0 spiro atoms. The molecule has 1 fully saturated rings. The normalized spacial score (nSPS) is 18.7. The second-order valence-corrected chi connectivity index (χ2v) is 5.33. The van der Waals surface area contributed by atoms with Crippen molar-refractivity contribution in [3.63, 3.8) is 0 Å². The highest BCUT2D eigenvalue weighted by atomic mass is 16.6. The van der Waals surface area contributed by atoms with Crippen LogP contribution in [0.15, 0.2) is 11.6 Å². The smallest absolute Gasteiger partial charge is 0.410 e. The number of amides is 1. The zero-order valence-corrected chi connectivity index (χ0v) is 11.5. The topological polar surface area (TPSA) is 55.8 Å². The van der Waals surface area contributed by atoms with Crippen LogP contribution >= 0.6 is 0 Å². The molecule has 102 valence electrons. The van der Waals surface area contributed by atoms with E-state index in [2.05, 4.69) is 4.74 Å². The Morgan fingerprint density at radius 3 is 2.56 bits per heavy atom. The summed E-state index contributed by atoms with van der Waals surface area (Å²) in [4.78, 5) is 24.6. The first kappa shape index (κ1) is 14.5. The van der Waals surface area contributed by atoms with E-state index in [0.29, 0.717) is 13.1 Å². The number of hydrogen-bond donors (Lipinski definition) is 0. The molecule has 0 atom stereocenters. The van der Waals surface area contributed by atoms with Gasteiger partial charge in [0.15, 0.2) is 0 Å². The molecule has 0 aromatic heterocycles. The Hall–Kier alpha value is -1.52. The van der Waals surface area contributed by atoms with Crippen LogP contribution in [-0.4, -0.2) is 42.8 Å². The molecule has 1 saturated heterocycles. The fraction of sp³-hybridized carbons (Fsp3) is 0.692. The van der Waals surface area contributed by atoms with Gasteiger partial charge in [0.05, 0.1) is 7.11 Å². The van der Waals surface area contributed by atoms with E-state index in [1.165, 1.54) is 13.2 Å². The predicted octanol–water partition coefficient (Wildman–Crippen LogP) is 2.12. The molecule has 18 heavy (non-hydrogen) atoms. The molecule has 0 radical (unpaired) electrons. The number of ether oxygens (including phenoxy) is 2. The van der Waals surface area contributed by atoms with E-state index >= 15 is 0 Å². The molecule has 1 heterocycles. The number of methoxy groups -OCH3 is 1. The van der Waals surface area contributed by atoms with Gasteiger partial charge in [-0.05, 0) is 39.2 Å². The lowest BCUT2D eigenvalue weighted by atomic mass is 10.1. The quantitative estimate of drug-likeness (QED) is 0.532. The Balaban J connectivity index is 2.61. The average molecular weight is 255 g/mol.